The zero-order valence-corrected chi connectivity index (χ0v) is 16.7. The third-order valence-electron chi connectivity index (χ3n) is 5.18. The molecule has 5 N–H and O–H groups in total. The number of fused-ring (bicyclic) bond motifs is 1. The number of hydrogen-bond donors (Lipinski definition) is 5. The smallest absolute Gasteiger partial charge is 0.267 e. The van der Waals surface area contributed by atoms with E-state index in [0.717, 1.165) is 23.1 Å². The largest absolute Gasteiger partial charge is 0.395 e. The van der Waals surface area contributed by atoms with Gasteiger partial charge in [0.25, 0.3) is 5.91 Å². The predicted molar refractivity (Wildman–Crippen MR) is 116 cm³/mol. The highest BCUT2D eigenvalue weighted by Crippen LogP contribution is 2.19. The molecule has 7 heteroatoms. The maximum absolute atomic E-state index is 11.1. The molecule has 0 bridgehead atoms. The summed E-state index contributed by atoms with van der Waals surface area (Å²) in [5, 5.41) is 29.2. The van der Waals surface area contributed by atoms with Crippen LogP contribution in [0.25, 0.3) is 17.0 Å². The fourth-order valence-electron chi connectivity index (χ4n) is 3.46. The number of H-pyrrole nitrogens is 1. The molecule has 1 amide bonds. The maximum atomic E-state index is 11.1. The quantitative estimate of drug-likeness (QED) is 0.200. The molecule has 3 rings (SSSR count). The number of para-hydroxylation sites is 1. The monoisotopic (exact) mass is 409 g/mol. The van der Waals surface area contributed by atoms with Gasteiger partial charge in [0.15, 0.2) is 0 Å². The minimum atomic E-state index is -0.587. The van der Waals surface area contributed by atoms with Gasteiger partial charge in [-0.25, -0.2) is 5.48 Å². The van der Waals surface area contributed by atoms with Crippen LogP contribution in [0.1, 0.15) is 16.7 Å². The molecule has 0 saturated heterocycles. The molecule has 30 heavy (non-hydrogen) atoms. The van der Waals surface area contributed by atoms with Crippen molar-refractivity contribution in [3.8, 4) is 0 Å². The maximum Gasteiger partial charge on any atom is 0.267 e. The van der Waals surface area contributed by atoms with Crippen molar-refractivity contribution in [1.29, 1.82) is 0 Å². The molecule has 3 aromatic rings. The van der Waals surface area contributed by atoms with Crippen LogP contribution < -0.4 is 5.48 Å². The molecule has 0 aliphatic rings. The van der Waals surface area contributed by atoms with Gasteiger partial charge in [0.1, 0.15) is 0 Å². The van der Waals surface area contributed by atoms with E-state index >= 15 is 0 Å². The number of carbonyl (C=O) groups is 1. The van der Waals surface area contributed by atoms with Gasteiger partial charge >= 0.3 is 0 Å². The first kappa shape index (κ1) is 21.7. The van der Waals surface area contributed by atoms with Crippen molar-refractivity contribution in [3.63, 3.8) is 0 Å². The van der Waals surface area contributed by atoms with E-state index in [-0.39, 0.29) is 19.3 Å². The molecule has 0 spiro atoms. The molecular formula is C23H27N3O4. The molecule has 0 fully saturated rings. The first-order valence-electron chi connectivity index (χ1n) is 9.86. The van der Waals surface area contributed by atoms with Crippen molar-refractivity contribution in [3.05, 3.63) is 77.5 Å². The Kier molecular flexibility index (Phi) is 7.75. The summed E-state index contributed by atoms with van der Waals surface area (Å²) in [5.74, 6) is -0.587. The highest BCUT2D eigenvalue weighted by Gasteiger charge is 2.18. The Morgan fingerprint density at radius 2 is 1.83 bits per heavy atom. The highest BCUT2D eigenvalue weighted by molar-refractivity contribution is 5.90. The van der Waals surface area contributed by atoms with E-state index in [1.165, 1.54) is 17.0 Å². The first-order chi connectivity index (χ1) is 14.6. The lowest BCUT2D eigenvalue weighted by Gasteiger charge is -2.29. The van der Waals surface area contributed by atoms with Gasteiger partial charge in [0.2, 0.25) is 0 Å². The number of hydroxylamine groups is 1. The molecule has 158 valence electrons. The van der Waals surface area contributed by atoms with E-state index in [1.807, 2.05) is 48.7 Å². The van der Waals surface area contributed by atoms with Gasteiger partial charge in [0, 0.05) is 36.3 Å². The van der Waals surface area contributed by atoms with Crippen LogP contribution in [0.2, 0.25) is 0 Å². The fourth-order valence-corrected chi connectivity index (χ4v) is 3.46. The number of nitrogens with one attached hydrogen (secondary N) is 2. The standard InChI is InChI=1S/C23H27N3O4/c27-15-20(16-28)26(12-11-19-13-24-22-4-2-1-3-21(19)22)14-18-7-5-17(6-8-18)9-10-23(29)25-30/h1-10,13,20,24,27-28,30H,11-12,14-16H2,(H,25,29). The summed E-state index contributed by atoms with van der Waals surface area (Å²) in [6, 6.07) is 15.4. The summed E-state index contributed by atoms with van der Waals surface area (Å²) in [6.07, 6.45) is 5.65. The molecule has 0 atom stereocenters. The van der Waals surface area contributed by atoms with Gasteiger partial charge in [-0.05, 0) is 35.3 Å². The van der Waals surface area contributed by atoms with E-state index in [2.05, 4.69) is 16.0 Å². The van der Waals surface area contributed by atoms with Crippen LogP contribution in [0.3, 0.4) is 0 Å². The van der Waals surface area contributed by atoms with Crippen LogP contribution in [0.15, 0.2) is 60.8 Å². The topological polar surface area (TPSA) is 109 Å². The van der Waals surface area contributed by atoms with Crippen LogP contribution >= 0.6 is 0 Å². The lowest BCUT2D eigenvalue weighted by molar-refractivity contribution is -0.124. The van der Waals surface area contributed by atoms with E-state index in [4.69, 9.17) is 5.21 Å². The summed E-state index contributed by atoms with van der Waals surface area (Å²) in [6.45, 7) is 1.02. The summed E-state index contributed by atoms with van der Waals surface area (Å²) in [7, 11) is 0. The summed E-state index contributed by atoms with van der Waals surface area (Å²) < 4.78 is 0. The van der Waals surface area contributed by atoms with Crippen molar-refractivity contribution in [1.82, 2.24) is 15.4 Å². The van der Waals surface area contributed by atoms with E-state index in [0.29, 0.717) is 13.1 Å². The van der Waals surface area contributed by atoms with Crippen molar-refractivity contribution >= 4 is 22.9 Å². The Balaban J connectivity index is 1.69. The zero-order chi connectivity index (χ0) is 21.3. The van der Waals surface area contributed by atoms with Gasteiger partial charge in [-0.3, -0.25) is 14.9 Å². The molecule has 1 heterocycles. The Bertz CT molecular complexity index is 978. The van der Waals surface area contributed by atoms with Crippen LogP contribution in [-0.4, -0.2) is 57.0 Å². The van der Waals surface area contributed by atoms with E-state index in [9.17, 15) is 15.0 Å². The Labute approximate surface area is 175 Å². The molecule has 0 aliphatic heterocycles. The summed E-state index contributed by atoms with van der Waals surface area (Å²) in [4.78, 5) is 16.4. The molecule has 7 nitrogen and oxygen atoms in total. The second kappa shape index (κ2) is 10.7. The molecular weight excluding hydrogens is 382 g/mol. The van der Waals surface area contributed by atoms with Crippen LogP contribution in [0, 0.1) is 0 Å². The number of aromatic amines is 1. The molecule has 1 aromatic heterocycles. The normalized spacial score (nSPS) is 11.8. The average Bonchev–Trinajstić information content (AvgIpc) is 3.20. The number of amides is 1. The molecule has 0 saturated carbocycles. The van der Waals surface area contributed by atoms with Gasteiger partial charge < -0.3 is 15.2 Å². The Morgan fingerprint density at radius 3 is 2.53 bits per heavy atom. The van der Waals surface area contributed by atoms with Gasteiger partial charge in [-0.15, -0.1) is 0 Å². The van der Waals surface area contributed by atoms with Gasteiger partial charge in [-0.2, -0.15) is 0 Å². The number of carbonyl (C=O) groups excluding carboxylic acids is 1. The summed E-state index contributed by atoms with van der Waals surface area (Å²) >= 11 is 0. The minimum Gasteiger partial charge on any atom is -0.395 e. The molecule has 0 aliphatic carbocycles. The van der Waals surface area contributed by atoms with Gasteiger partial charge in [0.05, 0.1) is 19.3 Å². The van der Waals surface area contributed by atoms with Crippen molar-refractivity contribution < 1.29 is 20.2 Å². The number of aromatic nitrogens is 1. The SMILES string of the molecule is O=C(C=Cc1ccc(CN(CCc2c[nH]c3ccccc23)C(CO)CO)cc1)NO. The first-order valence-corrected chi connectivity index (χ1v) is 9.86. The molecule has 0 radical (unpaired) electrons. The average molecular weight is 409 g/mol. The predicted octanol–water partition coefficient (Wildman–Crippen LogP) is 2.08. The number of hydrogen-bond acceptors (Lipinski definition) is 5. The minimum absolute atomic E-state index is 0.124. The second-order valence-corrected chi connectivity index (χ2v) is 7.15. The van der Waals surface area contributed by atoms with E-state index < -0.39 is 5.91 Å². The van der Waals surface area contributed by atoms with Gasteiger partial charge in [-0.1, -0.05) is 42.5 Å². The third-order valence-corrected chi connectivity index (χ3v) is 5.18. The highest BCUT2D eigenvalue weighted by atomic mass is 16.5. The molecule has 0 unspecified atom stereocenters. The van der Waals surface area contributed by atoms with Crippen molar-refractivity contribution in [2.45, 2.75) is 19.0 Å². The second-order valence-electron chi connectivity index (χ2n) is 7.15. The Morgan fingerprint density at radius 1 is 1.10 bits per heavy atom. The lowest BCUT2D eigenvalue weighted by atomic mass is 10.1. The van der Waals surface area contributed by atoms with Crippen LogP contribution in [-0.2, 0) is 17.8 Å². The number of benzene rings is 2. The fraction of sp³-hybridized carbons (Fsp3) is 0.261. The van der Waals surface area contributed by atoms with Crippen molar-refractivity contribution in [2.75, 3.05) is 19.8 Å². The van der Waals surface area contributed by atoms with E-state index in [1.54, 1.807) is 11.6 Å². The number of rotatable bonds is 10. The molecule has 2 aromatic carbocycles. The van der Waals surface area contributed by atoms with Crippen LogP contribution in [0.5, 0.6) is 0 Å². The van der Waals surface area contributed by atoms with Crippen molar-refractivity contribution in [2.24, 2.45) is 0 Å². The van der Waals surface area contributed by atoms with Crippen LogP contribution in [0.4, 0.5) is 0 Å². The lowest BCUT2D eigenvalue weighted by Crippen LogP contribution is -2.41. The zero-order valence-electron chi connectivity index (χ0n) is 16.7. The number of nitrogens with zero attached hydrogens (tertiary/aromatic N) is 1. The summed E-state index contributed by atoms with van der Waals surface area (Å²) in [5.41, 5.74) is 5.71. The third kappa shape index (κ3) is 5.55. The number of aliphatic hydroxyl groups excluding tert-OH is 2. The Hall–Kier alpha value is -2.97. The number of aliphatic hydroxyl groups is 2.